The number of anilines is 1. The third-order valence-electron chi connectivity index (χ3n) is 5.26. The summed E-state index contributed by atoms with van der Waals surface area (Å²) in [5.41, 5.74) is 1.42. The van der Waals surface area contributed by atoms with Gasteiger partial charge in [0, 0.05) is 31.2 Å². The van der Waals surface area contributed by atoms with Crippen molar-refractivity contribution in [3.05, 3.63) is 29.4 Å². The molecule has 126 valence electrons. The van der Waals surface area contributed by atoms with Gasteiger partial charge in [-0.05, 0) is 37.5 Å². The fourth-order valence-corrected chi connectivity index (χ4v) is 4.12. The summed E-state index contributed by atoms with van der Waals surface area (Å²) < 4.78 is 0. The van der Waals surface area contributed by atoms with Crippen LogP contribution in [0.25, 0.3) is 11.0 Å². The quantitative estimate of drug-likeness (QED) is 0.858. The zero-order chi connectivity index (χ0) is 16.7. The van der Waals surface area contributed by atoms with Crippen LogP contribution in [0.1, 0.15) is 26.2 Å². The lowest BCUT2D eigenvalue weighted by atomic mass is 9.85. The molecule has 0 saturated carbocycles. The van der Waals surface area contributed by atoms with Gasteiger partial charge in [0.15, 0.2) is 0 Å². The number of fused-ring (bicyclic) bond motifs is 1. The normalized spacial score (nSPS) is 23.8. The molecule has 0 bridgehead atoms. The molecule has 2 aliphatic heterocycles. The molecule has 0 N–H and O–H groups in total. The van der Waals surface area contributed by atoms with Crippen molar-refractivity contribution in [1.82, 2.24) is 14.9 Å². The monoisotopic (exact) mass is 344 g/mol. The number of benzene rings is 1. The Labute approximate surface area is 146 Å². The smallest absolute Gasteiger partial charge is 0.230 e. The standard InChI is InChI=1S/C18H21ClN4O/c1-2-7-22-8-5-18(17(22)24)6-9-23(12-18)16-11-20-15-10-13(19)3-4-14(15)21-16/h3-4,10-11H,2,5-9,12H2,1H3. The summed E-state index contributed by atoms with van der Waals surface area (Å²) in [6, 6.07) is 5.54. The summed E-state index contributed by atoms with van der Waals surface area (Å²) in [7, 11) is 0. The van der Waals surface area contributed by atoms with Gasteiger partial charge in [-0.25, -0.2) is 4.98 Å². The Kier molecular flexibility index (Phi) is 3.83. The Balaban J connectivity index is 1.57. The van der Waals surface area contributed by atoms with Gasteiger partial charge < -0.3 is 9.80 Å². The topological polar surface area (TPSA) is 49.3 Å². The second-order valence-corrected chi connectivity index (χ2v) is 7.29. The van der Waals surface area contributed by atoms with Crippen LogP contribution in [-0.2, 0) is 4.79 Å². The minimum Gasteiger partial charge on any atom is -0.354 e. The zero-order valence-corrected chi connectivity index (χ0v) is 14.6. The molecule has 1 atom stereocenters. The van der Waals surface area contributed by atoms with Crippen LogP contribution in [0.15, 0.2) is 24.4 Å². The summed E-state index contributed by atoms with van der Waals surface area (Å²) in [6.45, 7) is 5.50. The summed E-state index contributed by atoms with van der Waals surface area (Å²) in [5, 5.41) is 0.664. The van der Waals surface area contributed by atoms with E-state index in [-0.39, 0.29) is 5.41 Å². The van der Waals surface area contributed by atoms with Crippen molar-refractivity contribution >= 4 is 34.4 Å². The van der Waals surface area contributed by atoms with E-state index in [1.807, 2.05) is 23.1 Å². The van der Waals surface area contributed by atoms with E-state index in [1.165, 1.54) is 0 Å². The van der Waals surface area contributed by atoms with Crippen molar-refractivity contribution in [2.75, 3.05) is 31.1 Å². The Hall–Kier alpha value is -1.88. The number of aromatic nitrogens is 2. The van der Waals surface area contributed by atoms with Crippen LogP contribution in [0.4, 0.5) is 5.82 Å². The number of rotatable bonds is 3. The molecule has 1 aromatic heterocycles. The summed E-state index contributed by atoms with van der Waals surface area (Å²) >= 11 is 6.00. The van der Waals surface area contributed by atoms with Crippen LogP contribution in [0.2, 0.25) is 5.02 Å². The molecular formula is C18H21ClN4O. The number of carbonyl (C=O) groups excluding carboxylic acids is 1. The number of nitrogens with zero attached hydrogens (tertiary/aromatic N) is 4. The lowest BCUT2D eigenvalue weighted by Crippen LogP contribution is -2.37. The van der Waals surface area contributed by atoms with Crippen molar-refractivity contribution in [2.45, 2.75) is 26.2 Å². The number of likely N-dealkylation sites (tertiary alicyclic amines) is 1. The molecule has 2 aromatic rings. The maximum atomic E-state index is 12.8. The highest BCUT2D eigenvalue weighted by Crippen LogP contribution is 2.41. The molecule has 5 nitrogen and oxygen atoms in total. The Morgan fingerprint density at radius 1 is 1.25 bits per heavy atom. The number of hydrogen-bond acceptors (Lipinski definition) is 4. The van der Waals surface area contributed by atoms with E-state index in [4.69, 9.17) is 16.6 Å². The first-order chi connectivity index (χ1) is 11.6. The maximum absolute atomic E-state index is 12.8. The van der Waals surface area contributed by atoms with Crippen LogP contribution < -0.4 is 4.90 Å². The van der Waals surface area contributed by atoms with Crippen LogP contribution in [0.3, 0.4) is 0 Å². The van der Waals surface area contributed by atoms with Gasteiger partial charge in [-0.15, -0.1) is 0 Å². The molecule has 3 heterocycles. The van der Waals surface area contributed by atoms with Gasteiger partial charge in [0.05, 0.1) is 22.6 Å². The minimum absolute atomic E-state index is 0.216. The third kappa shape index (κ3) is 2.51. The Morgan fingerprint density at radius 2 is 2.08 bits per heavy atom. The van der Waals surface area contributed by atoms with Crippen LogP contribution in [0, 0.1) is 5.41 Å². The fraction of sp³-hybridized carbons (Fsp3) is 0.500. The predicted octanol–water partition coefficient (Wildman–Crippen LogP) is 3.12. The Morgan fingerprint density at radius 3 is 2.92 bits per heavy atom. The SMILES string of the molecule is CCCN1CCC2(CCN(c3cnc4cc(Cl)ccc4n3)C2)C1=O. The lowest BCUT2D eigenvalue weighted by Gasteiger charge is -2.24. The van der Waals surface area contributed by atoms with E-state index in [0.29, 0.717) is 10.9 Å². The van der Waals surface area contributed by atoms with Crippen molar-refractivity contribution in [2.24, 2.45) is 5.41 Å². The van der Waals surface area contributed by atoms with Crippen LogP contribution >= 0.6 is 11.6 Å². The fourth-order valence-electron chi connectivity index (χ4n) is 3.95. The minimum atomic E-state index is -0.216. The average Bonchev–Trinajstić information content (AvgIpc) is 3.15. The van der Waals surface area contributed by atoms with Gasteiger partial charge in [0.25, 0.3) is 0 Å². The molecule has 2 aliphatic rings. The van der Waals surface area contributed by atoms with E-state index in [0.717, 1.165) is 62.3 Å². The predicted molar refractivity (Wildman–Crippen MR) is 95.3 cm³/mol. The molecule has 2 fully saturated rings. The first-order valence-electron chi connectivity index (χ1n) is 8.58. The van der Waals surface area contributed by atoms with Crippen molar-refractivity contribution < 1.29 is 4.79 Å². The molecular weight excluding hydrogens is 324 g/mol. The summed E-state index contributed by atoms with van der Waals surface area (Å²) in [6.07, 6.45) is 4.68. The van der Waals surface area contributed by atoms with E-state index < -0.39 is 0 Å². The highest BCUT2D eigenvalue weighted by Gasteiger charge is 2.50. The largest absolute Gasteiger partial charge is 0.354 e. The van der Waals surface area contributed by atoms with Gasteiger partial charge in [0.2, 0.25) is 5.91 Å². The molecule has 24 heavy (non-hydrogen) atoms. The van der Waals surface area contributed by atoms with Gasteiger partial charge >= 0.3 is 0 Å². The van der Waals surface area contributed by atoms with E-state index in [2.05, 4.69) is 16.8 Å². The molecule has 1 spiro atoms. The third-order valence-corrected chi connectivity index (χ3v) is 5.50. The number of halogens is 1. The zero-order valence-electron chi connectivity index (χ0n) is 13.8. The molecule has 1 unspecified atom stereocenters. The number of carbonyl (C=O) groups is 1. The summed E-state index contributed by atoms with van der Waals surface area (Å²) in [4.78, 5) is 26.2. The van der Waals surface area contributed by atoms with E-state index in [9.17, 15) is 4.79 Å². The molecule has 0 aliphatic carbocycles. The van der Waals surface area contributed by atoms with E-state index in [1.54, 1.807) is 6.20 Å². The molecule has 0 radical (unpaired) electrons. The molecule has 6 heteroatoms. The number of amides is 1. The van der Waals surface area contributed by atoms with Gasteiger partial charge in [-0.2, -0.15) is 0 Å². The maximum Gasteiger partial charge on any atom is 0.230 e. The van der Waals surface area contributed by atoms with Gasteiger partial charge in [-0.3, -0.25) is 9.78 Å². The molecule has 4 rings (SSSR count). The first kappa shape index (κ1) is 15.6. The van der Waals surface area contributed by atoms with Crippen molar-refractivity contribution in [1.29, 1.82) is 0 Å². The molecule has 1 amide bonds. The second kappa shape index (κ2) is 5.88. The average molecular weight is 345 g/mol. The molecule has 1 aromatic carbocycles. The molecule has 2 saturated heterocycles. The van der Waals surface area contributed by atoms with Crippen molar-refractivity contribution in [3.8, 4) is 0 Å². The highest BCUT2D eigenvalue weighted by atomic mass is 35.5. The van der Waals surface area contributed by atoms with Gasteiger partial charge in [-0.1, -0.05) is 18.5 Å². The van der Waals surface area contributed by atoms with Gasteiger partial charge in [0.1, 0.15) is 5.82 Å². The number of hydrogen-bond donors (Lipinski definition) is 0. The lowest BCUT2D eigenvalue weighted by molar-refractivity contribution is -0.135. The Bertz CT molecular complexity index is 796. The highest BCUT2D eigenvalue weighted by molar-refractivity contribution is 6.31. The second-order valence-electron chi connectivity index (χ2n) is 6.86. The summed E-state index contributed by atoms with van der Waals surface area (Å²) in [5.74, 6) is 1.18. The van der Waals surface area contributed by atoms with Crippen molar-refractivity contribution in [3.63, 3.8) is 0 Å². The van der Waals surface area contributed by atoms with E-state index >= 15 is 0 Å². The first-order valence-corrected chi connectivity index (χ1v) is 8.96. The van der Waals surface area contributed by atoms with Crippen LogP contribution in [-0.4, -0.2) is 47.0 Å². The van der Waals surface area contributed by atoms with Crippen LogP contribution in [0.5, 0.6) is 0 Å².